The van der Waals surface area contributed by atoms with Gasteiger partial charge in [0.05, 0.1) is 0 Å². The molecule has 4 saturated heterocycles. The van der Waals surface area contributed by atoms with Crippen molar-refractivity contribution in [3.63, 3.8) is 0 Å². The Morgan fingerprint density at radius 3 is 1.42 bits per heavy atom. The number of carbonyl (C=O) groups is 5. The van der Waals surface area contributed by atoms with Gasteiger partial charge in [0.25, 0.3) is 0 Å². The summed E-state index contributed by atoms with van der Waals surface area (Å²) in [6.07, 6.45) is 13.1. The zero-order valence-corrected chi connectivity index (χ0v) is 36.1. The summed E-state index contributed by atoms with van der Waals surface area (Å²) in [6.45, 7) is 15.0. The standard InChI is InChI=1S/C20H33N3O3.C18H30F3N3O2.C4H3ClO2/c1-4-14-26-20(25)23-10-5-6-18(9-13-23)22-11-7-17(8-12-22)19(24)21-15-16(2)3;1-13(2)12-22-16(25)14-5-9-23(10-6-14)15-4-3-8-24(11-7-15)17(26)18(19,20)21;1-2-3-7-4(5)6/h1,16-18H,5-15H2,2-3H3,(H,21,24);13-15H,3-12H2,1-2H3,(H,22,25);1H,3H2. The smallest absolute Gasteiger partial charge is 0.441 e. The van der Waals surface area contributed by atoms with Crippen molar-refractivity contribution >= 4 is 40.8 Å². The first-order valence-corrected chi connectivity index (χ1v) is 21.3. The second-order valence-corrected chi connectivity index (χ2v) is 16.6. The lowest BCUT2D eigenvalue weighted by Crippen LogP contribution is -2.46. The van der Waals surface area contributed by atoms with E-state index in [1.807, 2.05) is 0 Å². The van der Waals surface area contributed by atoms with Crippen LogP contribution in [0.2, 0.25) is 0 Å². The predicted octanol–water partition coefficient (Wildman–Crippen LogP) is 5.50. The Kier molecular flexibility index (Phi) is 23.7. The highest BCUT2D eigenvalue weighted by Gasteiger charge is 2.43. The molecule has 0 aromatic heterocycles. The first-order valence-electron chi connectivity index (χ1n) is 21.0. The maximum Gasteiger partial charge on any atom is 0.471 e. The van der Waals surface area contributed by atoms with Crippen LogP contribution >= 0.6 is 11.6 Å². The van der Waals surface area contributed by atoms with Gasteiger partial charge in [0.1, 0.15) is 0 Å². The Morgan fingerprint density at radius 1 is 0.644 bits per heavy atom. The third-order valence-electron chi connectivity index (χ3n) is 10.9. The molecule has 334 valence electrons. The first kappa shape index (κ1) is 51.4. The van der Waals surface area contributed by atoms with Gasteiger partial charge in [-0.15, -0.1) is 12.8 Å². The van der Waals surface area contributed by atoms with E-state index in [1.54, 1.807) is 4.90 Å². The predicted molar refractivity (Wildman–Crippen MR) is 220 cm³/mol. The quantitative estimate of drug-likeness (QED) is 0.215. The van der Waals surface area contributed by atoms with E-state index < -0.39 is 17.5 Å². The second-order valence-electron chi connectivity index (χ2n) is 16.3. The minimum absolute atomic E-state index is 0.0269. The van der Waals surface area contributed by atoms with Crippen LogP contribution in [0.1, 0.15) is 91.9 Å². The SMILES string of the molecule is C#CCOC(=O)Cl.C#CCOC(=O)N1CCCC(N2CCC(C(=O)NCC(C)C)CC2)CC1.CC(C)CNC(=O)C1CCN(C2CCCN(C(=O)C(F)(F)F)CC2)CC1. The highest BCUT2D eigenvalue weighted by atomic mass is 35.5. The molecular formula is C42H66ClF3N6O7. The molecule has 4 amide bonds. The lowest BCUT2D eigenvalue weighted by molar-refractivity contribution is -0.185. The second kappa shape index (κ2) is 27.2. The summed E-state index contributed by atoms with van der Waals surface area (Å²) in [5.41, 5.74) is -0.863. The van der Waals surface area contributed by atoms with E-state index in [2.05, 4.69) is 64.7 Å². The van der Waals surface area contributed by atoms with Gasteiger partial charge in [-0.1, -0.05) is 39.5 Å². The summed E-state index contributed by atoms with van der Waals surface area (Å²) in [5.74, 6) is 4.08. The van der Waals surface area contributed by atoms with Gasteiger partial charge in [0, 0.05) is 74.8 Å². The molecule has 0 aliphatic carbocycles. The van der Waals surface area contributed by atoms with E-state index in [1.165, 1.54) is 0 Å². The van der Waals surface area contributed by atoms with Gasteiger partial charge in [-0.25, -0.2) is 9.59 Å². The fourth-order valence-corrected chi connectivity index (χ4v) is 7.75. The number of ether oxygens (including phenoxy) is 2. The summed E-state index contributed by atoms with van der Waals surface area (Å²) < 4.78 is 47.0. The van der Waals surface area contributed by atoms with Crippen molar-refractivity contribution in [2.75, 3.05) is 78.7 Å². The van der Waals surface area contributed by atoms with Crippen molar-refractivity contribution in [3.05, 3.63) is 0 Å². The maximum atomic E-state index is 12.6. The molecule has 0 aromatic carbocycles. The molecule has 2 unspecified atom stereocenters. The minimum atomic E-state index is -4.79. The van der Waals surface area contributed by atoms with Crippen molar-refractivity contribution in [3.8, 4) is 24.7 Å². The van der Waals surface area contributed by atoms with Crippen molar-refractivity contribution in [2.24, 2.45) is 23.7 Å². The number of hydrogen-bond acceptors (Lipinski definition) is 9. The summed E-state index contributed by atoms with van der Waals surface area (Å²) >= 11 is 4.70. The molecule has 4 aliphatic rings. The van der Waals surface area contributed by atoms with Gasteiger partial charge in [-0.05, 0) is 102 Å². The third-order valence-corrected chi connectivity index (χ3v) is 11.0. The van der Waals surface area contributed by atoms with Crippen LogP contribution in [0.4, 0.5) is 22.8 Å². The fraction of sp³-hybridized carbons (Fsp3) is 0.786. The van der Waals surface area contributed by atoms with Crippen LogP contribution in [0, 0.1) is 48.4 Å². The first-order chi connectivity index (χ1) is 28.0. The number of nitrogens with zero attached hydrogens (tertiary/aromatic N) is 4. The van der Waals surface area contributed by atoms with E-state index in [0.717, 1.165) is 95.5 Å². The van der Waals surface area contributed by atoms with Gasteiger partial charge in [0.2, 0.25) is 11.8 Å². The molecule has 0 saturated carbocycles. The number of halogens is 4. The Morgan fingerprint density at radius 2 is 1.05 bits per heavy atom. The van der Waals surface area contributed by atoms with Crippen molar-refractivity contribution in [2.45, 2.75) is 110 Å². The van der Waals surface area contributed by atoms with Gasteiger partial charge in [0.15, 0.2) is 13.2 Å². The van der Waals surface area contributed by atoms with E-state index in [0.29, 0.717) is 43.8 Å². The number of alkyl halides is 3. The zero-order chi connectivity index (χ0) is 44.0. The average Bonchev–Trinajstić information content (AvgIpc) is 3.62. The molecule has 4 fully saturated rings. The number of amides is 4. The maximum absolute atomic E-state index is 12.6. The third kappa shape index (κ3) is 19.9. The Bertz CT molecular complexity index is 1410. The van der Waals surface area contributed by atoms with Crippen molar-refractivity contribution in [1.29, 1.82) is 0 Å². The van der Waals surface area contributed by atoms with Crippen molar-refractivity contribution < 1.29 is 46.6 Å². The molecule has 59 heavy (non-hydrogen) atoms. The van der Waals surface area contributed by atoms with Gasteiger partial charge >= 0.3 is 23.6 Å². The van der Waals surface area contributed by atoms with E-state index in [9.17, 15) is 37.1 Å². The summed E-state index contributed by atoms with van der Waals surface area (Å²) in [6, 6.07) is 0.681. The van der Waals surface area contributed by atoms with E-state index >= 15 is 0 Å². The Labute approximate surface area is 354 Å². The molecule has 4 rings (SSSR count). The summed E-state index contributed by atoms with van der Waals surface area (Å²) in [5, 5.41) is 6.04. The normalized spacial score (nSPS) is 21.2. The summed E-state index contributed by atoms with van der Waals surface area (Å²) in [4.78, 5) is 65.0. The highest BCUT2D eigenvalue weighted by molar-refractivity contribution is 6.61. The van der Waals surface area contributed by atoms with Gasteiger partial charge in [-0.3, -0.25) is 14.4 Å². The molecule has 2 N–H and O–H groups in total. The Hall–Kier alpha value is -3.73. The van der Waals surface area contributed by atoms with Crippen LogP contribution in [0.15, 0.2) is 0 Å². The van der Waals surface area contributed by atoms with Crippen LogP contribution in [-0.2, 0) is 23.9 Å². The number of rotatable bonds is 10. The zero-order valence-electron chi connectivity index (χ0n) is 35.3. The largest absolute Gasteiger partial charge is 0.471 e. The molecule has 17 heteroatoms. The van der Waals surface area contributed by atoms with Crippen LogP contribution in [0.25, 0.3) is 0 Å². The van der Waals surface area contributed by atoms with Crippen molar-refractivity contribution in [1.82, 2.24) is 30.2 Å². The molecule has 0 radical (unpaired) electrons. The summed E-state index contributed by atoms with van der Waals surface area (Å²) in [7, 11) is 0. The minimum Gasteiger partial charge on any atom is -0.441 e. The molecule has 0 spiro atoms. The molecule has 4 aliphatic heterocycles. The molecule has 13 nitrogen and oxygen atoms in total. The lowest BCUT2D eigenvalue weighted by atomic mass is 9.93. The van der Waals surface area contributed by atoms with Crippen LogP contribution < -0.4 is 10.6 Å². The number of carbonyl (C=O) groups excluding carboxylic acids is 5. The van der Waals surface area contributed by atoms with Crippen LogP contribution in [0.3, 0.4) is 0 Å². The number of terminal acetylenes is 2. The van der Waals surface area contributed by atoms with Crippen LogP contribution in [-0.4, -0.2) is 146 Å². The van der Waals surface area contributed by atoms with E-state index in [-0.39, 0.29) is 62.1 Å². The van der Waals surface area contributed by atoms with E-state index in [4.69, 9.17) is 29.2 Å². The fourth-order valence-electron chi connectivity index (χ4n) is 7.70. The molecule has 2 atom stereocenters. The number of nitrogens with one attached hydrogen (secondary N) is 2. The average molecular weight is 859 g/mol. The number of hydrogen-bond donors (Lipinski definition) is 2. The molecule has 0 aromatic rings. The topological polar surface area (TPSA) is 141 Å². The Balaban J connectivity index is 0.000000350. The lowest BCUT2D eigenvalue weighted by Gasteiger charge is -2.37. The molecule has 4 heterocycles. The monoisotopic (exact) mass is 858 g/mol. The molecular weight excluding hydrogens is 793 g/mol. The van der Waals surface area contributed by atoms with Crippen LogP contribution in [0.5, 0.6) is 0 Å². The van der Waals surface area contributed by atoms with Gasteiger partial charge in [-0.2, -0.15) is 13.2 Å². The van der Waals surface area contributed by atoms with Gasteiger partial charge < -0.3 is 39.7 Å². The number of piperidine rings is 2. The number of likely N-dealkylation sites (tertiary alicyclic amines) is 4. The molecule has 0 bridgehead atoms. The highest BCUT2D eigenvalue weighted by Crippen LogP contribution is 2.27.